The highest BCUT2D eigenvalue weighted by atomic mass is 32.1. The Bertz CT molecular complexity index is 753. The highest BCUT2D eigenvalue weighted by Gasteiger charge is 2.25. The summed E-state index contributed by atoms with van der Waals surface area (Å²) in [4.78, 5) is 26.0. The Labute approximate surface area is 145 Å². The lowest BCUT2D eigenvalue weighted by atomic mass is 9.87. The van der Waals surface area contributed by atoms with Crippen molar-refractivity contribution in [2.45, 2.75) is 45.3 Å². The maximum Gasteiger partial charge on any atom is 0.349 e. The van der Waals surface area contributed by atoms with Crippen molar-refractivity contribution in [3.8, 4) is 0 Å². The molecule has 1 amide bonds. The molecular weight excluding hydrogens is 322 g/mol. The van der Waals surface area contributed by atoms with Crippen molar-refractivity contribution >= 4 is 23.2 Å². The number of nitrogens with one attached hydrogen (secondary N) is 1. The number of thiophene rings is 1. The van der Waals surface area contributed by atoms with Crippen LogP contribution in [-0.2, 0) is 16.0 Å². The first-order chi connectivity index (χ1) is 11.5. The second-order valence-corrected chi connectivity index (χ2v) is 7.40. The molecule has 4 nitrogen and oxygen atoms in total. The highest BCUT2D eigenvalue weighted by molar-refractivity contribution is 7.13. The van der Waals surface area contributed by atoms with Crippen molar-refractivity contribution in [3.63, 3.8) is 0 Å². The van der Waals surface area contributed by atoms with Gasteiger partial charge in [-0.15, -0.1) is 11.3 Å². The summed E-state index contributed by atoms with van der Waals surface area (Å²) in [5.74, 6) is -0.696. The van der Waals surface area contributed by atoms with E-state index in [9.17, 15) is 9.59 Å². The number of aryl methyl sites for hydroxylation is 2. The molecule has 0 unspecified atom stereocenters. The largest absolute Gasteiger partial charge is 0.448 e. The molecule has 0 bridgehead atoms. The molecular formula is C19H21NO3S. The Kier molecular flexibility index (Phi) is 5.00. The number of amides is 1. The number of hydrogen-bond acceptors (Lipinski definition) is 4. The van der Waals surface area contributed by atoms with Crippen LogP contribution in [0.15, 0.2) is 36.4 Å². The third-order valence-electron chi connectivity index (χ3n) is 4.28. The minimum atomic E-state index is -0.811. The number of hydrogen-bond donors (Lipinski definition) is 1. The maximum absolute atomic E-state index is 12.4. The quantitative estimate of drug-likeness (QED) is 0.859. The molecule has 5 heteroatoms. The SMILES string of the molecule is Cc1ccc(C(=O)O[C@H](C)C(=O)N[C@H]2CCCc3ccccc32)s1. The van der Waals surface area contributed by atoms with E-state index >= 15 is 0 Å². The smallest absolute Gasteiger partial charge is 0.349 e. The molecule has 1 aromatic carbocycles. The summed E-state index contributed by atoms with van der Waals surface area (Å²) >= 11 is 1.37. The van der Waals surface area contributed by atoms with Crippen LogP contribution in [0.25, 0.3) is 0 Å². The van der Waals surface area contributed by atoms with Crippen LogP contribution in [0.4, 0.5) is 0 Å². The number of benzene rings is 1. The van der Waals surface area contributed by atoms with Crippen LogP contribution >= 0.6 is 11.3 Å². The fourth-order valence-corrected chi connectivity index (χ4v) is 3.76. The van der Waals surface area contributed by atoms with Gasteiger partial charge in [0.05, 0.1) is 6.04 Å². The van der Waals surface area contributed by atoms with Gasteiger partial charge < -0.3 is 10.1 Å². The first-order valence-corrected chi connectivity index (χ1v) is 9.02. The van der Waals surface area contributed by atoms with Crippen LogP contribution in [-0.4, -0.2) is 18.0 Å². The van der Waals surface area contributed by atoms with Gasteiger partial charge in [-0.05, 0) is 56.4 Å². The predicted molar refractivity (Wildman–Crippen MR) is 94.2 cm³/mol. The van der Waals surface area contributed by atoms with Crippen molar-refractivity contribution in [2.24, 2.45) is 0 Å². The standard InChI is InChI=1S/C19H21NO3S/c1-12-10-11-17(24-12)19(22)23-13(2)18(21)20-16-9-5-7-14-6-3-4-8-15(14)16/h3-4,6,8,10-11,13,16H,5,7,9H2,1-2H3,(H,20,21)/t13-,16+/m1/s1. The molecule has 0 aliphatic heterocycles. The van der Waals surface area contributed by atoms with Gasteiger partial charge in [0, 0.05) is 4.88 Å². The molecule has 1 aromatic heterocycles. The normalized spacial score (nSPS) is 17.7. The van der Waals surface area contributed by atoms with E-state index in [1.807, 2.05) is 25.1 Å². The van der Waals surface area contributed by atoms with E-state index < -0.39 is 12.1 Å². The van der Waals surface area contributed by atoms with Crippen molar-refractivity contribution in [1.82, 2.24) is 5.32 Å². The van der Waals surface area contributed by atoms with E-state index in [1.165, 1.54) is 22.5 Å². The molecule has 0 fully saturated rings. The van der Waals surface area contributed by atoms with Crippen LogP contribution in [0, 0.1) is 6.92 Å². The fourth-order valence-electron chi connectivity index (χ4n) is 3.01. The van der Waals surface area contributed by atoms with Gasteiger partial charge in [0.15, 0.2) is 6.10 Å². The van der Waals surface area contributed by atoms with Crippen LogP contribution in [0.2, 0.25) is 0 Å². The number of ether oxygens (including phenoxy) is 1. The molecule has 3 rings (SSSR count). The second-order valence-electron chi connectivity index (χ2n) is 6.11. The van der Waals surface area contributed by atoms with E-state index in [-0.39, 0.29) is 11.9 Å². The lowest BCUT2D eigenvalue weighted by Crippen LogP contribution is -2.39. The number of carbonyl (C=O) groups is 2. The lowest BCUT2D eigenvalue weighted by molar-refractivity contribution is -0.130. The molecule has 0 radical (unpaired) electrons. The Morgan fingerprint density at radius 2 is 2.04 bits per heavy atom. The molecule has 126 valence electrons. The number of fused-ring (bicyclic) bond motifs is 1. The minimum absolute atomic E-state index is 0.00687. The minimum Gasteiger partial charge on any atom is -0.448 e. The van der Waals surface area contributed by atoms with Crippen LogP contribution < -0.4 is 5.32 Å². The molecule has 2 atom stereocenters. The van der Waals surface area contributed by atoms with Gasteiger partial charge in [0.25, 0.3) is 5.91 Å². The number of carbonyl (C=O) groups excluding carboxylic acids is 2. The summed E-state index contributed by atoms with van der Waals surface area (Å²) in [5, 5.41) is 3.02. The van der Waals surface area contributed by atoms with Crippen molar-refractivity contribution < 1.29 is 14.3 Å². The average Bonchev–Trinajstić information content (AvgIpc) is 3.01. The Balaban J connectivity index is 1.62. The Hall–Kier alpha value is -2.14. The molecule has 0 spiro atoms. The summed E-state index contributed by atoms with van der Waals surface area (Å²) in [6.45, 7) is 3.54. The second kappa shape index (κ2) is 7.18. The molecule has 2 aromatic rings. The van der Waals surface area contributed by atoms with E-state index in [0.29, 0.717) is 4.88 Å². The summed E-state index contributed by atoms with van der Waals surface area (Å²) in [7, 11) is 0. The monoisotopic (exact) mass is 343 g/mol. The summed E-state index contributed by atoms with van der Waals surface area (Å²) in [6, 6.07) is 11.8. The van der Waals surface area contributed by atoms with Crippen molar-refractivity contribution in [2.75, 3.05) is 0 Å². The molecule has 1 N–H and O–H groups in total. The molecule has 1 aliphatic carbocycles. The topological polar surface area (TPSA) is 55.4 Å². The van der Waals surface area contributed by atoms with Crippen LogP contribution in [0.3, 0.4) is 0 Å². The molecule has 1 aliphatic rings. The lowest BCUT2D eigenvalue weighted by Gasteiger charge is -2.27. The summed E-state index contributed by atoms with van der Waals surface area (Å²) in [6.07, 6.45) is 2.19. The molecule has 0 saturated heterocycles. The van der Waals surface area contributed by atoms with Crippen LogP contribution in [0.1, 0.15) is 51.5 Å². The van der Waals surface area contributed by atoms with E-state index in [0.717, 1.165) is 24.1 Å². The zero-order chi connectivity index (χ0) is 17.1. The van der Waals surface area contributed by atoms with E-state index in [1.54, 1.807) is 13.0 Å². The summed E-state index contributed by atoms with van der Waals surface area (Å²) < 4.78 is 5.30. The van der Waals surface area contributed by atoms with Gasteiger partial charge in [-0.25, -0.2) is 4.79 Å². The Morgan fingerprint density at radius 1 is 1.25 bits per heavy atom. The van der Waals surface area contributed by atoms with Crippen molar-refractivity contribution in [3.05, 3.63) is 57.3 Å². The maximum atomic E-state index is 12.4. The van der Waals surface area contributed by atoms with Crippen molar-refractivity contribution in [1.29, 1.82) is 0 Å². The molecule has 1 heterocycles. The van der Waals surface area contributed by atoms with Gasteiger partial charge >= 0.3 is 5.97 Å². The van der Waals surface area contributed by atoms with Gasteiger partial charge in [-0.2, -0.15) is 0 Å². The molecule has 24 heavy (non-hydrogen) atoms. The number of rotatable bonds is 4. The predicted octanol–water partition coefficient (Wildman–Crippen LogP) is 3.80. The highest BCUT2D eigenvalue weighted by Crippen LogP contribution is 2.29. The van der Waals surface area contributed by atoms with Crippen LogP contribution in [0.5, 0.6) is 0 Å². The fraction of sp³-hybridized carbons (Fsp3) is 0.368. The third kappa shape index (κ3) is 3.67. The van der Waals surface area contributed by atoms with E-state index in [4.69, 9.17) is 4.74 Å². The third-order valence-corrected chi connectivity index (χ3v) is 5.26. The van der Waals surface area contributed by atoms with Gasteiger partial charge in [-0.3, -0.25) is 4.79 Å². The Morgan fingerprint density at radius 3 is 2.79 bits per heavy atom. The zero-order valence-corrected chi connectivity index (χ0v) is 14.7. The average molecular weight is 343 g/mol. The zero-order valence-electron chi connectivity index (χ0n) is 13.9. The number of esters is 1. The van der Waals surface area contributed by atoms with Gasteiger partial charge in [-0.1, -0.05) is 24.3 Å². The first-order valence-electron chi connectivity index (χ1n) is 8.20. The summed E-state index contributed by atoms with van der Waals surface area (Å²) in [5.41, 5.74) is 2.46. The van der Waals surface area contributed by atoms with Gasteiger partial charge in [0.1, 0.15) is 4.88 Å². The molecule has 0 saturated carbocycles. The van der Waals surface area contributed by atoms with Gasteiger partial charge in [0.2, 0.25) is 0 Å². The first kappa shape index (κ1) is 16.7. The van der Waals surface area contributed by atoms with E-state index in [2.05, 4.69) is 17.4 Å².